The Morgan fingerprint density at radius 3 is 2.03 bits per heavy atom. The summed E-state index contributed by atoms with van der Waals surface area (Å²) in [4.78, 5) is 24.4. The molecule has 13 heteroatoms. The lowest BCUT2D eigenvalue weighted by molar-refractivity contribution is -0.118. The first-order chi connectivity index (χ1) is 14.4. The Bertz CT molecular complexity index is 1310. The molecule has 1 unspecified atom stereocenters. The molecule has 1 atom stereocenters. The van der Waals surface area contributed by atoms with Gasteiger partial charge in [0.2, 0.25) is 0 Å². The minimum atomic E-state index is -4.41. The molecule has 1 aliphatic rings. The third-order valence-corrected chi connectivity index (χ3v) is 6.20. The predicted molar refractivity (Wildman–Crippen MR) is 110 cm³/mol. The van der Waals surface area contributed by atoms with Crippen LogP contribution in [0.25, 0.3) is 0 Å². The molecule has 0 fully saturated rings. The van der Waals surface area contributed by atoms with E-state index in [1.54, 1.807) is 0 Å². The Labute approximate surface area is 177 Å². The summed E-state index contributed by atoms with van der Waals surface area (Å²) in [5, 5.41) is 12.7. The highest BCUT2D eigenvalue weighted by Gasteiger charge is 2.39. The van der Waals surface area contributed by atoms with Crippen LogP contribution in [0.3, 0.4) is 0 Å². The topological polar surface area (TPSA) is 163 Å². The number of Topliss-reactive ketones (excluding diaryl/α,β-unsaturated/α-hetero) is 1. The van der Waals surface area contributed by atoms with Gasteiger partial charge in [0, 0.05) is 13.2 Å². The molecule has 2 aromatic rings. The summed E-state index contributed by atoms with van der Waals surface area (Å²) in [6.07, 6.45) is 1.06. The van der Waals surface area contributed by atoms with E-state index in [2.05, 4.69) is 15.3 Å². The molecule has 11 nitrogen and oxygen atoms in total. The maximum Gasteiger partial charge on any atom is 0.294 e. The molecule has 0 spiro atoms. The number of sulfone groups is 1. The van der Waals surface area contributed by atoms with Gasteiger partial charge in [-0.15, -0.1) is 0 Å². The minimum absolute atomic E-state index is 0.0916. The molecule has 0 aliphatic carbocycles. The Hall–Kier alpha value is -3.29. The normalized spacial score (nSPS) is 17.3. The minimum Gasteiger partial charge on any atom is -0.293 e. The molecule has 0 saturated carbocycles. The summed E-state index contributed by atoms with van der Waals surface area (Å²) in [7, 11) is -7.79. The first kappa shape index (κ1) is 22.4. The van der Waals surface area contributed by atoms with E-state index in [4.69, 9.17) is 4.55 Å². The Kier molecular flexibility index (Phi) is 5.85. The lowest BCUT2D eigenvalue weighted by Gasteiger charge is -2.12. The van der Waals surface area contributed by atoms with Gasteiger partial charge in [-0.1, -0.05) is 0 Å². The van der Waals surface area contributed by atoms with Crippen LogP contribution in [0.4, 0.5) is 11.4 Å². The first-order valence-corrected chi connectivity index (χ1v) is 11.9. The van der Waals surface area contributed by atoms with Gasteiger partial charge in [0.1, 0.15) is 5.71 Å². The zero-order valence-electron chi connectivity index (χ0n) is 16.2. The van der Waals surface area contributed by atoms with E-state index in [-0.39, 0.29) is 26.9 Å². The number of benzene rings is 2. The molecule has 1 N–H and O–H groups in total. The van der Waals surface area contributed by atoms with Gasteiger partial charge in [-0.05, 0) is 48.5 Å². The molecule has 31 heavy (non-hydrogen) atoms. The number of hydrazone groups is 1. The van der Waals surface area contributed by atoms with Gasteiger partial charge in [0.15, 0.2) is 21.7 Å². The van der Waals surface area contributed by atoms with E-state index in [1.165, 1.54) is 43.3 Å². The van der Waals surface area contributed by atoms with E-state index in [9.17, 15) is 26.4 Å². The van der Waals surface area contributed by atoms with E-state index in [0.717, 1.165) is 23.4 Å². The number of carbonyl (C=O) groups is 2. The standard InChI is InChI=1S/C18H16N4O7S2/c1-11(23)16-17(20-19-12-3-7-14(8-4-12)30(2,25)26)18(24)22(21-16)13-5-9-15(10-6-13)31(27,28)29/h3-10,17H,1-2H3,(H,27,28,29)/b20-19+. The van der Waals surface area contributed by atoms with Crippen LogP contribution in [-0.2, 0) is 29.5 Å². The predicted octanol–water partition coefficient (Wildman–Crippen LogP) is 1.78. The molecule has 0 saturated heterocycles. The van der Waals surface area contributed by atoms with E-state index >= 15 is 0 Å². The van der Waals surface area contributed by atoms with E-state index in [0.29, 0.717) is 0 Å². The van der Waals surface area contributed by atoms with Crippen LogP contribution in [0.5, 0.6) is 0 Å². The number of ketones is 1. The van der Waals surface area contributed by atoms with Gasteiger partial charge in [-0.2, -0.15) is 28.8 Å². The average molecular weight is 464 g/mol. The Morgan fingerprint density at radius 2 is 1.55 bits per heavy atom. The summed E-state index contributed by atoms with van der Waals surface area (Å²) in [6, 6.07) is 8.79. The van der Waals surface area contributed by atoms with Gasteiger partial charge >= 0.3 is 0 Å². The van der Waals surface area contributed by atoms with Crippen molar-refractivity contribution < 1.29 is 31.0 Å². The maximum absolute atomic E-state index is 12.8. The van der Waals surface area contributed by atoms with Crippen molar-refractivity contribution in [2.24, 2.45) is 15.3 Å². The first-order valence-electron chi connectivity index (χ1n) is 8.60. The highest BCUT2D eigenvalue weighted by Crippen LogP contribution is 2.25. The third kappa shape index (κ3) is 4.90. The highest BCUT2D eigenvalue weighted by molar-refractivity contribution is 7.90. The third-order valence-electron chi connectivity index (χ3n) is 4.20. The van der Waals surface area contributed by atoms with E-state index < -0.39 is 37.7 Å². The molecule has 2 aromatic carbocycles. The zero-order chi connectivity index (χ0) is 23.0. The van der Waals surface area contributed by atoms with Gasteiger partial charge in [0.05, 0.1) is 21.2 Å². The lowest BCUT2D eigenvalue weighted by Crippen LogP contribution is -2.32. The number of anilines is 1. The molecule has 162 valence electrons. The van der Waals surface area contributed by atoms with Gasteiger partial charge < -0.3 is 0 Å². The van der Waals surface area contributed by atoms with Crippen LogP contribution < -0.4 is 5.01 Å². The second kappa shape index (κ2) is 8.09. The second-order valence-electron chi connectivity index (χ2n) is 6.54. The van der Waals surface area contributed by atoms with Crippen LogP contribution in [0.15, 0.2) is 73.7 Å². The summed E-state index contributed by atoms with van der Waals surface area (Å²) in [6.45, 7) is 1.21. The van der Waals surface area contributed by atoms with Crippen molar-refractivity contribution in [1.82, 2.24) is 0 Å². The van der Waals surface area contributed by atoms with Crippen LogP contribution in [0, 0.1) is 0 Å². The van der Waals surface area contributed by atoms with Crippen molar-refractivity contribution in [3.8, 4) is 0 Å². The van der Waals surface area contributed by atoms with Crippen molar-refractivity contribution >= 4 is 48.7 Å². The van der Waals surface area contributed by atoms with Crippen LogP contribution in [0.1, 0.15) is 6.92 Å². The molecule has 1 amide bonds. The maximum atomic E-state index is 12.8. The number of rotatable bonds is 6. The molecule has 0 aromatic heterocycles. The quantitative estimate of drug-likeness (QED) is 0.503. The van der Waals surface area contributed by atoms with Gasteiger partial charge in [0.25, 0.3) is 16.0 Å². The second-order valence-corrected chi connectivity index (χ2v) is 9.98. The van der Waals surface area contributed by atoms with Crippen molar-refractivity contribution in [3.05, 3.63) is 48.5 Å². The highest BCUT2D eigenvalue weighted by atomic mass is 32.2. The number of amides is 1. The molecule has 1 aliphatic heterocycles. The largest absolute Gasteiger partial charge is 0.294 e. The fourth-order valence-electron chi connectivity index (χ4n) is 2.64. The monoisotopic (exact) mass is 464 g/mol. The zero-order valence-corrected chi connectivity index (χ0v) is 17.8. The molecule has 0 radical (unpaired) electrons. The fourth-order valence-corrected chi connectivity index (χ4v) is 3.75. The van der Waals surface area contributed by atoms with Crippen molar-refractivity contribution in [2.45, 2.75) is 22.8 Å². The summed E-state index contributed by atoms with van der Waals surface area (Å²) in [5.41, 5.74) is 0.255. The summed E-state index contributed by atoms with van der Waals surface area (Å²) >= 11 is 0. The number of nitrogens with zero attached hydrogens (tertiary/aromatic N) is 4. The van der Waals surface area contributed by atoms with Gasteiger partial charge in [-0.3, -0.25) is 14.1 Å². The molecular weight excluding hydrogens is 448 g/mol. The molecule has 3 rings (SSSR count). The smallest absolute Gasteiger partial charge is 0.293 e. The average Bonchev–Trinajstić information content (AvgIpc) is 3.02. The Balaban J connectivity index is 1.88. The van der Waals surface area contributed by atoms with Crippen LogP contribution in [0.2, 0.25) is 0 Å². The van der Waals surface area contributed by atoms with E-state index in [1.807, 2.05) is 0 Å². The number of hydrogen-bond acceptors (Lipinski definition) is 9. The van der Waals surface area contributed by atoms with Crippen LogP contribution in [-0.4, -0.2) is 51.1 Å². The van der Waals surface area contributed by atoms with Gasteiger partial charge in [-0.25, -0.2) is 8.42 Å². The fraction of sp³-hybridized carbons (Fsp3) is 0.167. The SMILES string of the molecule is CC(=O)C1=NN(c2ccc(S(=O)(=O)O)cc2)C(=O)C1/N=N/c1ccc(S(C)(=O)=O)cc1. The molecule has 1 heterocycles. The Morgan fingerprint density at radius 1 is 1.00 bits per heavy atom. The number of hydrogen-bond donors (Lipinski definition) is 1. The lowest BCUT2D eigenvalue weighted by atomic mass is 10.1. The summed E-state index contributed by atoms with van der Waals surface area (Å²) in [5.74, 6) is -1.21. The molecule has 0 bridgehead atoms. The number of azo groups is 1. The van der Waals surface area contributed by atoms with Crippen molar-refractivity contribution in [3.63, 3.8) is 0 Å². The van der Waals surface area contributed by atoms with Crippen molar-refractivity contribution in [2.75, 3.05) is 11.3 Å². The summed E-state index contributed by atoms with van der Waals surface area (Å²) < 4.78 is 54.4. The number of carbonyl (C=O) groups excluding carboxylic acids is 2. The molecular formula is C18H16N4O7S2. The van der Waals surface area contributed by atoms with Crippen molar-refractivity contribution in [1.29, 1.82) is 0 Å². The van der Waals surface area contributed by atoms with Crippen LogP contribution >= 0.6 is 0 Å².